The number of aryl methyl sites for hydroxylation is 2. The van der Waals surface area contributed by atoms with Crippen LogP contribution < -0.4 is 20.6 Å². The number of ether oxygens (including phenoxy) is 2. The molecule has 4 aromatic rings. The average molecular weight is 999 g/mol. The Hall–Kier alpha value is -6.07. The summed E-state index contributed by atoms with van der Waals surface area (Å²) >= 11 is 0. The number of hydroxylamine groups is 1. The largest absolute Gasteiger partial charge is 0.380 e. The minimum absolute atomic E-state index is 0.0140. The number of benzene rings is 2. The van der Waals surface area contributed by atoms with Crippen molar-refractivity contribution in [3.63, 3.8) is 0 Å². The SMILES string of the molecule is C=C/C=C\c1c(C)nc(C(F)F)n1-c1nc(N(CCC)CCC)nc(N2CCN(C(=O)CCOCCN(C)CCN(C)CCOCCONC(=O)c3ccc(F)c(F)c3Nc3ccc(C)cc3F)CC2)n1. The second-order valence-corrected chi connectivity index (χ2v) is 17.0. The molecule has 1 aliphatic rings. The fraction of sp³-hybridized carbons (Fsp3) is 0.510. The van der Waals surface area contributed by atoms with E-state index >= 15 is 0 Å². The third kappa shape index (κ3) is 16.2. The number of rotatable bonds is 29. The molecule has 2 aromatic carbocycles. The number of aromatic nitrogens is 5. The highest BCUT2D eigenvalue weighted by Gasteiger charge is 2.28. The van der Waals surface area contributed by atoms with E-state index in [1.165, 1.54) is 16.7 Å². The molecule has 0 unspecified atom stereocenters. The van der Waals surface area contributed by atoms with Gasteiger partial charge in [-0.25, -0.2) is 32.4 Å². The number of carbonyl (C=O) groups excluding carboxylic acids is 2. The minimum Gasteiger partial charge on any atom is -0.380 e. The van der Waals surface area contributed by atoms with Crippen molar-refractivity contribution >= 4 is 41.2 Å². The predicted molar refractivity (Wildman–Crippen MR) is 263 cm³/mol. The van der Waals surface area contributed by atoms with E-state index in [4.69, 9.17) is 29.3 Å². The summed E-state index contributed by atoms with van der Waals surface area (Å²) in [5.74, 6) is -3.81. The van der Waals surface area contributed by atoms with E-state index in [9.17, 15) is 31.5 Å². The molecule has 5 rings (SSSR count). The van der Waals surface area contributed by atoms with Gasteiger partial charge in [0.05, 0.1) is 67.8 Å². The molecule has 0 saturated carbocycles. The molecule has 71 heavy (non-hydrogen) atoms. The zero-order valence-corrected chi connectivity index (χ0v) is 41.5. The molecule has 0 aliphatic carbocycles. The summed E-state index contributed by atoms with van der Waals surface area (Å²) in [7, 11) is 3.95. The van der Waals surface area contributed by atoms with Crippen molar-refractivity contribution < 1.29 is 45.9 Å². The molecule has 1 aliphatic heterocycles. The van der Waals surface area contributed by atoms with Gasteiger partial charge in [0.2, 0.25) is 23.8 Å². The first kappa shape index (κ1) is 55.9. The highest BCUT2D eigenvalue weighted by atomic mass is 19.3. The number of amides is 2. The van der Waals surface area contributed by atoms with Crippen molar-refractivity contribution in [3.8, 4) is 5.95 Å². The molecule has 0 spiro atoms. The van der Waals surface area contributed by atoms with Crippen LogP contribution in [0.3, 0.4) is 0 Å². The normalized spacial score (nSPS) is 13.0. The molecule has 2 N–H and O–H groups in total. The fourth-order valence-electron chi connectivity index (χ4n) is 7.53. The zero-order chi connectivity index (χ0) is 51.5. The summed E-state index contributed by atoms with van der Waals surface area (Å²) in [5.41, 5.74) is 2.71. The van der Waals surface area contributed by atoms with Crippen molar-refractivity contribution in [2.45, 2.75) is 53.4 Å². The number of imidazole rings is 1. The van der Waals surface area contributed by atoms with Crippen LogP contribution in [0.4, 0.5) is 45.2 Å². The van der Waals surface area contributed by atoms with Crippen LogP contribution in [-0.2, 0) is 19.1 Å². The lowest BCUT2D eigenvalue weighted by molar-refractivity contribution is -0.132. The first-order chi connectivity index (χ1) is 34.1. The first-order valence-electron chi connectivity index (χ1n) is 23.8. The zero-order valence-electron chi connectivity index (χ0n) is 41.5. The van der Waals surface area contributed by atoms with Crippen LogP contribution in [0.15, 0.2) is 49.1 Å². The molecule has 0 radical (unpaired) electrons. The maximum absolute atomic E-state index is 14.7. The van der Waals surface area contributed by atoms with Gasteiger partial charge in [-0.1, -0.05) is 38.6 Å². The van der Waals surface area contributed by atoms with Gasteiger partial charge in [0.1, 0.15) is 5.82 Å². The maximum Gasteiger partial charge on any atom is 0.296 e. The third-order valence-electron chi connectivity index (χ3n) is 11.5. The van der Waals surface area contributed by atoms with Gasteiger partial charge < -0.3 is 39.3 Å². The van der Waals surface area contributed by atoms with Crippen LogP contribution in [0.2, 0.25) is 0 Å². The topological polar surface area (TPSA) is 159 Å². The Labute approximate surface area is 412 Å². The summed E-state index contributed by atoms with van der Waals surface area (Å²) in [6.45, 7) is 18.3. The lowest BCUT2D eigenvalue weighted by Gasteiger charge is -2.35. The van der Waals surface area contributed by atoms with Gasteiger partial charge in [0.15, 0.2) is 17.5 Å². The Morgan fingerprint density at radius 2 is 1.46 bits per heavy atom. The number of hydrogen-bond acceptors (Lipinski definition) is 14. The molecular weight excluding hydrogens is 932 g/mol. The van der Waals surface area contributed by atoms with Crippen molar-refractivity contribution in [1.82, 2.24) is 44.7 Å². The Bertz CT molecular complexity index is 2390. The Balaban J connectivity index is 0.980. The third-order valence-corrected chi connectivity index (χ3v) is 11.5. The Morgan fingerprint density at radius 3 is 2.10 bits per heavy atom. The average Bonchev–Trinajstić information content (AvgIpc) is 3.69. The lowest BCUT2D eigenvalue weighted by atomic mass is 10.1. The van der Waals surface area contributed by atoms with Crippen molar-refractivity contribution in [3.05, 3.63) is 94.9 Å². The number of alkyl halides is 2. The Morgan fingerprint density at radius 1 is 0.803 bits per heavy atom. The first-order valence-corrected chi connectivity index (χ1v) is 23.8. The standard InChI is InChI=1S/C49H67F5N12O5/c1-8-11-12-40-35(5)55-45(44(53)54)66(40)49-58-47(64(18-9-2)19-10-3)57-48(59-49)65-24-22-63(23-25-65)41(67)17-28-69-29-26-61(6)20-21-62(7)27-30-70-31-32-71-60-46(68)36-14-15-37(50)42(52)43(36)56-39-16-13-34(4)33-38(39)51/h8,11-16,33,44,56H,1,9-10,17-32H2,2-7H3,(H,60,68)/b12-11-. The van der Waals surface area contributed by atoms with E-state index in [2.05, 4.69) is 46.0 Å². The molecule has 2 amide bonds. The highest BCUT2D eigenvalue weighted by Crippen LogP contribution is 2.30. The van der Waals surface area contributed by atoms with Gasteiger partial charge in [0, 0.05) is 65.4 Å². The number of halogens is 5. The monoisotopic (exact) mass is 999 g/mol. The van der Waals surface area contributed by atoms with E-state index in [-0.39, 0.29) is 49.3 Å². The molecular formula is C49H67F5N12O5. The molecule has 2 aromatic heterocycles. The van der Waals surface area contributed by atoms with Gasteiger partial charge in [0.25, 0.3) is 12.3 Å². The summed E-state index contributed by atoms with van der Waals surface area (Å²) in [6.07, 6.45) is 3.88. The molecule has 17 nitrogen and oxygen atoms in total. The summed E-state index contributed by atoms with van der Waals surface area (Å²) in [4.78, 5) is 59.6. The molecule has 3 heterocycles. The number of hydrogen-bond donors (Lipinski definition) is 2. The van der Waals surface area contributed by atoms with Crippen molar-refractivity contribution in [2.24, 2.45) is 0 Å². The number of anilines is 4. The number of allylic oxidation sites excluding steroid dienone is 2. The van der Waals surface area contributed by atoms with Gasteiger partial charge >= 0.3 is 0 Å². The predicted octanol–water partition coefficient (Wildman–Crippen LogP) is 6.90. The summed E-state index contributed by atoms with van der Waals surface area (Å²) in [6, 6.07) is 6.05. The summed E-state index contributed by atoms with van der Waals surface area (Å²) in [5, 5.41) is 2.48. The van der Waals surface area contributed by atoms with Crippen LogP contribution in [0.1, 0.15) is 72.7 Å². The lowest BCUT2D eigenvalue weighted by Crippen LogP contribution is -2.49. The van der Waals surface area contributed by atoms with E-state index in [0.29, 0.717) is 94.4 Å². The molecule has 0 atom stereocenters. The number of likely N-dealkylation sites (N-methyl/N-ethyl adjacent to an activating group) is 2. The van der Waals surface area contributed by atoms with Crippen LogP contribution >= 0.6 is 0 Å². The minimum atomic E-state index is -2.88. The number of piperazine rings is 1. The van der Waals surface area contributed by atoms with Crippen LogP contribution in [0, 0.1) is 31.3 Å². The molecule has 0 bridgehead atoms. The van der Waals surface area contributed by atoms with E-state index < -0.39 is 41.3 Å². The van der Waals surface area contributed by atoms with Crippen molar-refractivity contribution in [2.75, 3.05) is 128 Å². The number of carbonyl (C=O) groups is 2. The van der Waals surface area contributed by atoms with Crippen LogP contribution in [-0.4, -0.2) is 164 Å². The van der Waals surface area contributed by atoms with E-state index in [1.54, 1.807) is 43.0 Å². The van der Waals surface area contributed by atoms with Gasteiger partial charge in [-0.2, -0.15) is 15.0 Å². The van der Waals surface area contributed by atoms with Gasteiger partial charge in [-0.05, 0) is 76.7 Å². The molecule has 1 saturated heterocycles. The fourth-order valence-corrected chi connectivity index (χ4v) is 7.53. The van der Waals surface area contributed by atoms with E-state index in [0.717, 1.165) is 38.1 Å². The van der Waals surface area contributed by atoms with E-state index in [1.807, 2.05) is 23.9 Å². The highest BCUT2D eigenvalue weighted by molar-refractivity contribution is 6.00. The second kappa shape index (κ2) is 28.1. The summed E-state index contributed by atoms with van der Waals surface area (Å²) < 4.78 is 84.7. The Kier molecular flexibility index (Phi) is 22.1. The molecule has 22 heteroatoms. The smallest absolute Gasteiger partial charge is 0.296 e. The molecule has 388 valence electrons. The van der Waals surface area contributed by atoms with Gasteiger partial charge in [-0.3, -0.25) is 19.0 Å². The van der Waals surface area contributed by atoms with Crippen LogP contribution in [0.5, 0.6) is 0 Å². The van der Waals surface area contributed by atoms with Crippen molar-refractivity contribution in [1.29, 1.82) is 0 Å². The quantitative estimate of drug-likeness (QED) is 0.0251. The number of nitrogens with zero attached hydrogens (tertiary/aromatic N) is 10. The maximum atomic E-state index is 14.7. The molecule has 1 fully saturated rings. The second-order valence-electron chi connectivity index (χ2n) is 17.0. The van der Waals surface area contributed by atoms with Gasteiger partial charge in [-0.15, -0.1) is 0 Å². The van der Waals surface area contributed by atoms with Crippen LogP contribution in [0.25, 0.3) is 12.0 Å². The number of nitrogens with one attached hydrogen (secondary N) is 2.